The molecule has 136 valence electrons. The normalized spacial score (nSPS) is 25.0. The Bertz CT molecular complexity index is 849. The summed E-state index contributed by atoms with van der Waals surface area (Å²) in [6.07, 6.45) is 7.59. The number of nitrogens with zero attached hydrogens (tertiary/aromatic N) is 3. The van der Waals surface area contributed by atoms with Crippen molar-refractivity contribution in [3.05, 3.63) is 47.0 Å². The topological polar surface area (TPSA) is 59.8 Å². The van der Waals surface area contributed by atoms with Gasteiger partial charge in [0.25, 0.3) is 0 Å². The summed E-state index contributed by atoms with van der Waals surface area (Å²) in [6, 6.07) is 9.06. The number of carbonyl (C=O) groups is 1. The van der Waals surface area contributed by atoms with Crippen molar-refractivity contribution in [2.45, 2.75) is 70.4 Å². The van der Waals surface area contributed by atoms with E-state index in [2.05, 4.69) is 51.3 Å². The second kappa shape index (κ2) is 5.93. The first-order chi connectivity index (χ1) is 12.6. The van der Waals surface area contributed by atoms with E-state index in [0.29, 0.717) is 18.5 Å². The Morgan fingerprint density at radius 2 is 1.96 bits per heavy atom. The number of carbonyl (C=O) groups excluding carboxylic acids is 1. The molecule has 2 saturated carbocycles. The maximum absolute atomic E-state index is 13.0. The van der Waals surface area contributed by atoms with Gasteiger partial charge in [0, 0.05) is 12.0 Å². The first kappa shape index (κ1) is 16.0. The first-order valence-electron chi connectivity index (χ1n) is 9.93. The van der Waals surface area contributed by atoms with Crippen LogP contribution in [0.2, 0.25) is 0 Å². The molecule has 1 amide bonds. The Labute approximate surface area is 154 Å². The lowest BCUT2D eigenvalue weighted by molar-refractivity contribution is -0.131. The van der Waals surface area contributed by atoms with Crippen LogP contribution in [0.25, 0.3) is 0 Å². The second-order valence-corrected chi connectivity index (χ2v) is 8.54. The highest BCUT2D eigenvalue weighted by Gasteiger charge is 2.38. The van der Waals surface area contributed by atoms with Gasteiger partial charge in [0.1, 0.15) is 5.82 Å². The number of amides is 1. The fraction of sp³-hybridized carbons (Fsp3) is 0.571. The van der Waals surface area contributed by atoms with E-state index in [9.17, 15) is 4.79 Å². The molecule has 5 heteroatoms. The molecule has 2 fully saturated rings. The summed E-state index contributed by atoms with van der Waals surface area (Å²) in [6.45, 7) is 2.59. The Hall–Kier alpha value is -2.17. The van der Waals surface area contributed by atoms with Gasteiger partial charge in [-0.15, -0.1) is 10.2 Å². The van der Waals surface area contributed by atoms with E-state index in [4.69, 9.17) is 0 Å². The molecule has 1 unspecified atom stereocenters. The number of fused-ring (bicyclic) bond motifs is 1. The summed E-state index contributed by atoms with van der Waals surface area (Å²) in [5.41, 5.74) is 2.37. The molecule has 5 nitrogen and oxygen atoms in total. The molecular formula is C21H26N4O. The average Bonchev–Trinajstić information content (AvgIpc) is 3.58. The number of aromatic nitrogens is 3. The first-order valence-corrected chi connectivity index (χ1v) is 9.93. The van der Waals surface area contributed by atoms with Crippen LogP contribution in [0.15, 0.2) is 24.3 Å². The Morgan fingerprint density at radius 3 is 2.69 bits per heavy atom. The van der Waals surface area contributed by atoms with Crippen molar-refractivity contribution in [3.8, 4) is 0 Å². The van der Waals surface area contributed by atoms with Crippen LogP contribution in [0.3, 0.4) is 0 Å². The van der Waals surface area contributed by atoms with Gasteiger partial charge in [-0.2, -0.15) is 0 Å². The molecule has 0 radical (unpaired) electrons. The van der Waals surface area contributed by atoms with Crippen LogP contribution in [-0.4, -0.2) is 20.7 Å². The zero-order valence-corrected chi connectivity index (χ0v) is 15.4. The SMILES string of the molecule is CC1(C(=O)NCc2nnc(C3CC3)n2C2CC2)CCc2ccccc2C1. The van der Waals surface area contributed by atoms with Gasteiger partial charge in [-0.1, -0.05) is 31.2 Å². The van der Waals surface area contributed by atoms with Crippen molar-refractivity contribution in [2.75, 3.05) is 0 Å². The zero-order valence-electron chi connectivity index (χ0n) is 15.4. The molecule has 3 aliphatic rings. The summed E-state index contributed by atoms with van der Waals surface area (Å²) >= 11 is 0. The molecule has 0 aliphatic heterocycles. The van der Waals surface area contributed by atoms with Gasteiger partial charge in [0.05, 0.1) is 12.0 Å². The van der Waals surface area contributed by atoms with Crippen molar-refractivity contribution >= 4 is 5.91 Å². The summed E-state index contributed by atoms with van der Waals surface area (Å²) in [7, 11) is 0. The molecule has 1 N–H and O–H groups in total. The maximum atomic E-state index is 13.0. The minimum absolute atomic E-state index is 0.144. The molecule has 1 aromatic heterocycles. The number of hydrogen-bond donors (Lipinski definition) is 1. The third kappa shape index (κ3) is 2.83. The summed E-state index contributed by atoms with van der Waals surface area (Å²) in [5.74, 6) is 2.82. The van der Waals surface area contributed by atoms with E-state index in [1.165, 1.54) is 36.8 Å². The standard InChI is InChI=1S/C21H26N4O/c1-21(11-10-14-4-2-3-5-16(14)12-21)20(26)22-13-18-23-24-19(15-6-7-15)25(18)17-8-9-17/h2-5,15,17H,6-13H2,1H3,(H,22,26). The monoisotopic (exact) mass is 350 g/mol. The van der Waals surface area contributed by atoms with E-state index in [1.807, 2.05) is 0 Å². The van der Waals surface area contributed by atoms with Crippen LogP contribution >= 0.6 is 0 Å². The quantitative estimate of drug-likeness (QED) is 0.900. The van der Waals surface area contributed by atoms with Crippen molar-refractivity contribution in [3.63, 3.8) is 0 Å². The smallest absolute Gasteiger partial charge is 0.226 e. The number of nitrogens with one attached hydrogen (secondary N) is 1. The lowest BCUT2D eigenvalue weighted by atomic mass is 9.72. The summed E-state index contributed by atoms with van der Waals surface area (Å²) < 4.78 is 2.32. The lowest BCUT2D eigenvalue weighted by Gasteiger charge is -2.33. The van der Waals surface area contributed by atoms with Crippen molar-refractivity contribution in [2.24, 2.45) is 5.41 Å². The fourth-order valence-electron chi connectivity index (χ4n) is 4.27. The summed E-state index contributed by atoms with van der Waals surface area (Å²) in [5, 5.41) is 12.0. The largest absolute Gasteiger partial charge is 0.348 e. The third-order valence-electron chi connectivity index (χ3n) is 6.25. The minimum atomic E-state index is -0.335. The van der Waals surface area contributed by atoms with Gasteiger partial charge in [-0.05, 0) is 56.1 Å². The molecular weight excluding hydrogens is 324 g/mol. The highest BCUT2D eigenvalue weighted by molar-refractivity contribution is 5.82. The molecule has 5 rings (SSSR count). The van der Waals surface area contributed by atoms with Gasteiger partial charge in [-0.3, -0.25) is 4.79 Å². The molecule has 0 spiro atoms. The number of rotatable bonds is 5. The van der Waals surface area contributed by atoms with Crippen molar-refractivity contribution in [1.29, 1.82) is 0 Å². The van der Waals surface area contributed by atoms with Gasteiger partial charge in [0.2, 0.25) is 5.91 Å². The van der Waals surface area contributed by atoms with E-state index in [0.717, 1.165) is 30.9 Å². The van der Waals surface area contributed by atoms with Crippen LogP contribution in [-0.2, 0) is 24.2 Å². The van der Waals surface area contributed by atoms with Crippen LogP contribution in [0, 0.1) is 5.41 Å². The highest BCUT2D eigenvalue weighted by atomic mass is 16.2. The Kier molecular flexibility index (Phi) is 3.66. The maximum Gasteiger partial charge on any atom is 0.226 e. The summed E-state index contributed by atoms with van der Waals surface area (Å²) in [4.78, 5) is 13.0. The Morgan fingerprint density at radius 1 is 1.19 bits per heavy atom. The van der Waals surface area contributed by atoms with Crippen LogP contribution < -0.4 is 5.32 Å². The minimum Gasteiger partial charge on any atom is -0.348 e. The van der Waals surface area contributed by atoms with E-state index < -0.39 is 0 Å². The average molecular weight is 350 g/mol. The highest BCUT2D eigenvalue weighted by Crippen LogP contribution is 2.44. The molecule has 0 saturated heterocycles. The van der Waals surface area contributed by atoms with E-state index in [-0.39, 0.29) is 11.3 Å². The number of benzene rings is 1. The predicted molar refractivity (Wildman–Crippen MR) is 98.7 cm³/mol. The van der Waals surface area contributed by atoms with Crippen molar-refractivity contribution < 1.29 is 4.79 Å². The fourth-order valence-corrected chi connectivity index (χ4v) is 4.27. The van der Waals surface area contributed by atoms with E-state index >= 15 is 0 Å². The van der Waals surface area contributed by atoms with E-state index in [1.54, 1.807) is 0 Å². The molecule has 2 aromatic rings. The van der Waals surface area contributed by atoms with Gasteiger partial charge >= 0.3 is 0 Å². The van der Waals surface area contributed by atoms with Gasteiger partial charge in [-0.25, -0.2) is 0 Å². The van der Waals surface area contributed by atoms with Gasteiger partial charge < -0.3 is 9.88 Å². The van der Waals surface area contributed by atoms with Crippen LogP contribution in [0.5, 0.6) is 0 Å². The molecule has 0 bridgehead atoms. The molecule has 1 atom stereocenters. The molecule has 1 heterocycles. The molecule has 3 aliphatic carbocycles. The molecule has 1 aromatic carbocycles. The van der Waals surface area contributed by atoms with Crippen molar-refractivity contribution in [1.82, 2.24) is 20.1 Å². The zero-order chi connectivity index (χ0) is 17.7. The second-order valence-electron chi connectivity index (χ2n) is 8.54. The number of hydrogen-bond acceptors (Lipinski definition) is 3. The Balaban J connectivity index is 1.29. The third-order valence-corrected chi connectivity index (χ3v) is 6.25. The van der Waals surface area contributed by atoms with Crippen LogP contribution in [0.4, 0.5) is 0 Å². The number of aryl methyl sites for hydroxylation is 1. The van der Waals surface area contributed by atoms with Crippen LogP contribution in [0.1, 0.15) is 73.8 Å². The van der Waals surface area contributed by atoms with Gasteiger partial charge in [0.15, 0.2) is 5.82 Å². The predicted octanol–water partition coefficient (Wildman–Crippen LogP) is 3.30. The molecule has 26 heavy (non-hydrogen) atoms. The lowest BCUT2D eigenvalue weighted by Crippen LogP contribution is -2.42.